The van der Waals surface area contributed by atoms with Crippen LogP contribution in [0.2, 0.25) is 0 Å². The summed E-state index contributed by atoms with van der Waals surface area (Å²) in [6.45, 7) is 2.57. The van der Waals surface area contributed by atoms with E-state index in [9.17, 15) is 10.1 Å². The smallest absolute Gasteiger partial charge is 0.269 e. The fourth-order valence-electron chi connectivity index (χ4n) is 4.03. The van der Waals surface area contributed by atoms with Gasteiger partial charge in [0.05, 0.1) is 23.3 Å². The van der Waals surface area contributed by atoms with E-state index in [0.29, 0.717) is 18.4 Å². The number of nitro benzene ring substituents is 1. The second-order valence-corrected chi connectivity index (χ2v) is 6.48. The Kier molecular flexibility index (Phi) is 3.92. The Morgan fingerprint density at radius 3 is 2.92 bits per heavy atom. The molecule has 0 fully saturated rings. The van der Waals surface area contributed by atoms with Gasteiger partial charge >= 0.3 is 0 Å². The third kappa shape index (κ3) is 2.65. The Balaban J connectivity index is 1.79. The van der Waals surface area contributed by atoms with Gasteiger partial charge in [0.25, 0.3) is 5.69 Å². The number of non-ortho nitro benzene ring substituents is 1. The molecule has 0 amide bonds. The molecule has 1 aliphatic carbocycles. The van der Waals surface area contributed by atoms with E-state index in [2.05, 4.69) is 23.5 Å². The topological polar surface area (TPSA) is 64.4 Å². The normalized spacial score (nSPS) is 23.5. The molecule has 0 spiro atoms. The highest BCUT2D eigenvalue weighted by molar-refractivity contribution is 5.67. The number of benzene rings is 2. The highest BCUT2D eigenvalue weighted by atomic mass is 16.6. The number of ether oxygens (including phenoxy) is 1. The van der Waals surface area contributed by atoms with E-state index in [-0.39, 0.29) is 16.7 Å². The molecule has 2 aromatic carbocycles. The molecule has 2 aromatic rings. The third-order valence-electron chi connectivity index (χ3n) is 5.10. The van der Waals surface area contributed by atoms with Crippen LogP contribution in [0, 0.1) is 16.0 Å². The van der Waals surface area contributed by atoms with E-state index in [1.54, 1.807) is 12.1 Å². The maximum absolute atomic E-state index is 11.2. The summed E-state index contributed by atoms with van der Waals surface area (Å²) in [6, 6.07) is 13.1. The molecule has 1 aliphatic heterocycles. The molecule has 5 heteroatoms. The van der Waals surface area contributed by atoms with Gasteiger partial charge in [-0.05, 0) is 36.5 Å². The first kappa shape index (κ1) is 15.7. The number of rotatable bonds is 4. The van der Waals surface area contributed by atoms with Crippen LogP contribution < -0.4 is 10.1 Å². The molecule has 1 N–H and O–H groups in total. The Morgan fingerprint density at radius 2 is 2.12 bits per heavy atom. The predicted octanol–water partition coefficient (Wildman–Crippen LogP) is 4.82. The SMILES string of the molecule is CCOc1cccc2c1N[C@@H](c1cccc([N+](=O)[O-])c1)[C@H]1CC=C[C@H]21. The van der Waals surface area contributed by atoms with E-state index in [1.807, 2.05) is 25.1 Å². The summed E-state index contributed by atoms with van der Waals surface area (Å²) in [7, 11) is 0. The minimum absolute atomic E-state index is 0.0222. The van der Waals surface area contributed by atoms with Crippen molar-refractivity contribution in [2.24, 2.45) is 5.92 Å². The zero-order valence-electron chi connectivity index (χ0n) is 14.0. The molecule has 4 rings (SSSR count). The molecular formula is C20H20N2O3. The fraction of sp³-hybridized carbons (Fsp3) is 0.300. The minimum atomic E-state index is -0.337. The van der Waals surface area contributed by atoms with E-state index < -0.39 is 0 Å². The molecule has 3 atom stereocenters. The number of anilines is 1. The zero-order chi connectivity index (χ0) is 17.4. The van der Waals surface area contributed by atoms with Crippen molar-refractivity contribution >= 4 is 11.4 Å². The lowest BCUT2D eigenvalue weighted by Gasteiger charge is -2.38. The Labute approximate surface area is 146 Å². The number of hydrogen-bond acceptors (Lipinski definition) is 4. The second kappa shape index (κ2) is 6.24. The van der Waals surface area contributed by atoms with Crippen LogP contribution >= 0.6 is 0 Å². The number of allylic oxidation sites excluding steroid dienone is 2. The van der Waals surface area contributed by atoms with Gasteiger partial charge < -0.3 is 10.1 Å². The van der Waals surface area contributed by atoms with Gasteiger partial charge in [-0.25, -0.2) is 0 Å². The largest absolute Gasteiger partial charge is 0.492 e. The van der Waals surface area contributed by atoms with Crippen LogP contribution in [-0.2, 0) is 0 Å². The summed E-state index contributed by atoms with van der Waals surface area (Å²) in [5, 5.41) is 14.8. The quantitative estimate of drug-likeness (QED) is 0.494. The van der Waals surface area contributed by atoms with E-state index in [4.69, 9.17) is 4.74 Å². The Morgan fingerprint density at radius 1 is 1.28 bits per heavy atom. The Hall–Kier alpha value is -2.82. The standard InChI is InChI=1S/C20H20N2O3/c1-2-25-18-11-5-10-17-15-8-4-9-16(15)19(21-20(17)18)13-6-3-7-14(12-13)22(23)24/h3-8,10-12,15-16,19,21H,2,9H2,1H3/t15-,16-,19-/m0/s1. The third-order valence-corrected chi connectivity index (χ3v) is 5.10. The molecule has 0 saturated heterocycles. The second-order valence-electron chi connectivity index (χ2n) is 6.48. The lowest BCUT2D eigenvalue weighted by atomic mass is 9.77. The predicted molar refractivity (Wildman–Crippen MR) is 97.1 cm³/mol. The molecule has 0 aromatic heterocycles. The van der Waals surface area contributed by atoms with Gasteiger partial charge in [0, 0.05) is 18.1 Å². The molecule has 25 heavy (non-hydrogen) atoms. The van der Waals surface area contributed by atoms with Crippen molar-refractivity contribution in [2.75, 3.05) is 11.9 Å². The van der Waals surface area contributed by atoms with Crippen LogP contribution in [0.15, 0.2) is 54.6 Å². The van der Waals surface area contributed by atoms with Crippen LogP contribution in [0.3, 0.4) is 0 Å². The zero-order valence-corrected chi connectivity index (χ0v) is 14.0. The molecular weight excluding hydrogens is 316 g/mol. The van der Waals surface area contributed by atoms with Crippen molar-refractivity contribution in [3.05, 3.63) is 75.9 Å². The first-order valence-corrected chi connectivity index (χ1v) is 8.62. The minimum Gasteiger partial charge on any atom is -0.492 e. The van der Waals surface area contributed by atoms with Crippen molar-refractivity contribution in [1.29, 1.82) is 0 Å². The summed E-state index contributed by atoms with van der Waals surface area (Å²) in [5.74, 6) is 1.50. The summed E-state index contributed by atoms with van der Waals surface area (Å²) in [6.07, 6.45) is 5.43. The summed E-state index contributed by atoms with van der Waals surface area (Å²) in [4.78, 5) is 10.8. The van der Waals surface area contributed by atoms with Crippen molar-refractivity contribution < 1.29 is 9.66 Å². The number of hydrogen-bond donors (Lipinski definition) is 1. The molecule has 0 radical (unpaired) electrons. The average Bonchev–Trinajstić information content (AvgIpc) is 3.12. The molecule has 0 saturated carbocycles. The summed E-state index contributed by atoms with van der Waals surface area (Å²) >= 11 is 0. The van der Waals surface area contributed by atoms with Gasteiger partial charge in [-0.15, -0.1) is 0 Å². The van der Waals surface area contributed by atoms with Crippen LogP contribution in [0.25, 0.3) is 0 Å². The number of nitrogens with zero attached hydrogens (tertiary/aromatic N) is 1. The van der Waals surface area contributed by atoms with Crippen LogP contribution in [0.4, 0.5) is 11.4 Å². The summed E-state index contributed by atoms with van der Waals surface area (Å²) < 4.78 is 5.80. The van der Waals surface area contributed by atoms with Crippen LogP contribution in [0.5, 0.6) is 5.75 Å². The van der Waals surface area contributed by atoms with E-state index >= 15 is 0 Å². The summed E-state index contributed by atoms with van der Waals surface area (Å²) in [5.41, 5.74) is 3.33. The number of fused-ring (bicyclic) bond motifs is 3. The van der Waals surface area contributed by atoms with Crippen molar-refractivity contribution in [2.45, 2.75) is 25.3 Å². The van der Waals surface area contributed by atoms with Crippen molar-refractivity contribution in [3.63, 3.8) is 0 Å². The first-order chi connectivity index (χ1) is 12.2. The van der Waals surface area contributed by atoms with Gasteiger partial charge in [0.2, 0.25) is 0 Å². The molecule has 0 bridgehead atoms. The lowest BCUT2D eigenvalue weighted by Crippen LogP contribution is -2.29. The average molecular weight is 336 g/mol. The maximum atomic E-state index is 11.2. The monoisotopic (exact) mass is 336 g/mol. The molecule has 5 nitrogen and oxygen atoms in total. The van der Waals surface area contributed by atoms with Gasteiger partial charge in [-0.2, -0.15) is 0 Å². The molecule has 1 heterocycles. The van der Waals surface area contributed by atoms with E-state index in [1.165, 1.54) is 11.6 Å². The molecule has 0 unspecified atom stereocenters. The number of nitrogens with one attached hydrogen (secondary N) is 1. The van der Waals surface area contributed by atoms with Crippen LogP contribution in [0.1, 0.15) is 36.4 Å². The van der Waals surface area contributed by atoms with Gasteiger partial charge in [0.15, 0.2) is 0 Å². The van der Waals surface area contributed by atoms with Crippen molar-refractivity contribution in [3.8, 4) is 5.75 Å². The van der Waals surface area contributed by atoms with Gasteiger partial charge in [-0.3, -0.25) is 10.1 Å². The highest BCUT2D eigenvalue weighted by Gasteiger charge is 2.39. The maximum Gasteiger partial charge on any atom is 0.269 e. The highest BCUT2D eigenvalue weighted by Crippen LogP contribution is 2.52. The van der Waals surface area contributed by atoms with Gasteiger partial charge in [-0.1, -0.05) is 36.4 Å². The van der Waals surface area contributed by atoms with Gasteiger partial charge in [0.1, 0.15) is 5.75 Å². The lowest BCUT2D eigenvalue weighted by molar-refractivity contribution is -0.384. The van der Waals surface area contributed by atoms with Crippen LogP contribution in [-0.4, -0.2) is 11.5 Å². The Bertz CT molecular complexity index is 847. The molecule has 128 valence electrons. The van der Waals surface area contributed by atoms with E-state index in [0.717, 1.165) is 23.4 Å². The van der Waals surface area contributed by atoms with Crippen molar-refractivity contribution in [1.82, 2.24) is 0 Å². The number of nitro groups is 1. The molecule has 2 aliphatic rings. The number of para-hydroxylation sites is 1. The first-order valence-electron chi connectivity index (χ1n) is 8.62. The fourth-order valence-corrected chi connectivity index (χ4v) is 4.03.